The number of hydrogen-bond acceptors (Lipinski definition) is 6. The molecule has 0 saturated carbocycles. The molecule has 3 amide bonds. The molecule has 0 radical (unpaired) electrons. The largest absolute Gasteiger partial charge is 0.530 e. The number of halogens is 1. The van der Waals surface area contributed by atoms with Gasteiger partial charge in [-0.05, 0) is 57.0 Å². The van der Waals surface area contributed by atoms with Gasteiger partial charge >= 0.3 is 6.03 Å². The minimum absolute atomic E-state index is 0.166. The van der Waals surface area contributed by atoms with Crippen molar-refractivity contribution in [2.45, 2.75) is 31.7 Å². The van der Waals surface area contributed by atoms with E-state index in [1.807, 2.05) is 5.32 Å². The number of amides is 3. The van der Waals surface area contributed by atoms with Crippen molar-refractivity contribution in [2.24, 2.45) is 0 Å². The molecule has 0 spiro atoms. The van der Waals surface area contributed by atoms with Crippen molar-refractivity contribution in [3.63, 3.8) is 0 Å². The second-order valence-corrected chi connectivity index (χ2v) is 7.92. The van der Waals surface area contributed by atoms with Gasteiger partial charge in [-0.3, -0.25) is 5.32 Å². The van der Waals surface area contributed by atoms with E-state index < -0.39 is 11.9 Å². The zero-order chi connectivity index (χ0) is 22.5. The van der Waals surface area contributed by atoms with Crippen LogP contribution in [0.3, 0.4) is 0 Å². The van der Waals surface area contributed by atoms with Gasteiger partial charge in [-0.25, -0.2) is 14.2 Å². The van der Waals surface area contributed by atoms with E-state index in [4.69, 9.17) is 4.74 Å². The molecule has 2 N–H and O–H groups in total. The van der Waals surface area contributed by atoms with Gasteiger partial charge in [0.15, 0.2) is 0 Å². The summed E-state index contributed by atoms with van der Waals surface area (Å²) in [5, 5.41) is 15.2. The molecule has 1 aromatic carbocycles. The van der Waals surface area contributed by atoms with Crippen LogP contribution in [-0.4, -0.2) is 59.1 Å². The van der Waals surface area contributed by atoms with Crippen LogP contribution >= 0.6 is 0 Å². The number of nitrogens with zero attached hydrogens (tertiary/aromatic N) is 3. The number of hydrogen-bond donors (Lipinski definition) is 2. The van der Waals surface area contributed by atoms with Crippen molar-refractivity contribution in [3.8, 4) is 11.5 Å². The molecule has 2 aliphatic rings. The molecule has 2 fully saturated rings. The molecule has 9 nitrogen and oxygen atoms in total. The summed E-state index contributed by atoms with van der Waals surface area (Å²) in [4.78, 5) is 31.7. The fraction of sp³-hybridized carbons (Fsp3) is 0.409. The number of urea groups is 1. The van der Waals surface area contributed by atoms with Gasteiger partial charge in [0.05, 0.1) is 5.69 Å². The highest BCUT2D eigenvalue weighted by molar-refractivity contribution is 5.88. The van der Waals surface area contributed by atoms with Crippen molar-refractivity contribution in [1.82, 2.24) is 14.8 Å². The van der Waals surface area contributed by atoms with Crippen LogP contribution < -0.4 is 20.5 Å². The van der Waals surface area contributed by atoms with Crippen LogP contribution in [0.15, 0.2) is 36.5 Å². The molecule has 3 heterocycles. The smallest absolute Gasteiger partial charge is 0.323 e. The van der Waals surface area contributed by atoms with E-state index in [9.17, 15) is 19.1 Å². The molecule has 1 aromatic heterocycles. The molecular formula is C22H25FN5O4-. The topological polar surface area (TPSA) is 110 Å². The number of benzene rings is 1. The molecule has 2 saturated heterocycles. The SMILES string of the molecule is O=C([O-])Nc1ccc(Oc2ccnc(NC(=O)N3CCC(N4CCCC4)CC3)c2)cc1F. The Balaban J connectivity index is 1.32. The Morgan fingerprint density at radius 2 is 1.75 bits per heavy atom. The first-order valence-electron chi connectivity index (χ1n) is 10.7. The standard InChI is InChI=1S/C22H26FN5O4/c23-18-13-16(3-4-19(18)25-22(30)31)32-17-5-8-24-20(14-17)26-21(29)28-11-6-15(7-12-28)27-9-1-2-10-27/h3-5,8,13-15,25H,1-2,6-7,9-12H2,(H,30,31)(H,24,26,29)/p-1. The molecular weight excluding hydrogens is 417 g/mol. The Hall–Kier alpha value is -3.40. The molecule has 4 rings (SSSR count). The number of carbonyl (C=O) groups is 2. The molecule has 2 aromatic rings. The number of pyridine rings is 1. The molecule has 2 aliphatic heterocycles. The summed E-state index contributed by atoms with van der Waals surface area (Å²) in [6.45, 7) is 3.73. The lowest BCUT2D eigenvalue weighted by Crippen LogP contribution is -2.47. The van der Waals surface area contributed by atoms with Gasteiger partial charge in [0.1, 0.15) is 29.2 Å². The van der Waals surface area contributed by atoms with Crippen LogP contribution in [0.2, 0.25) is 0 Å². The molecule has 0 aliphatic carbocycles. The van der Waals surface area contributed by atoms with Crippen molar-refractivity contribution in [1.29, 1.82) is 0 Å². The number of likely N-dealkylation sites (tertiary alicyclic amines) is 2. The third-order valence-corrected chi connectivity index (χ3v) is 5.79. The number of ether oxygens (including phenoxy) is 1. The van der Waals surface area contributed by atoms with E-state index in [-0.39, 0.29) is 17.5 Å². The first-order valence-corrected chi connectivity index (χ1v) is 10.7. The number of aromatic nitrogens is 1. The second-order valence-electron chi connectivity index (χ2n) is 7.92. The van der Waals surface area contributed by atoms with Crippen molar-refractivity contribution < 1.29 is 23.8 Å². The maximum absolute atomic E-state index is 14.0. The van der Waals surface area contributed by atoms with Gasteiger partial charge in [0, 0.05) is 37.5 Å². The van der Waals surface area contributed by atoms with E-state index in [0.717, 1.165) is 32.0 Å². The van der Waals surface area contributed by atoms with E-state index >= 15 is 0 Å². The zero-order valence-corrected chi connectivity index (χ0v) is 17.6. The third-order valence-electron chi connectivity index (χ3n) is 5.79. The predicted octanol–water partition coefficient (Wildman–Crippen LogP) is 2.86. The summed E-state index contributed by atoms with van der Waals surface area (Å²) in [6.07, 6.45) is 4.34. The van der Waals surface area contributed by atoms with Gasteiger partial charge in [-0.2, -0.15) is 0 Å². The lowest BCUT2D eigenvalue weighted by atomic mass is 10.0. The molecule has 32 heavy (non-hydrogen) atoms. The number of carbonyl (C=O) groups excluding carboxylic acids is 2. The Labute approximate surface area is 185 Å². The van der Waals surface area contributed by atoms with Crippen molar-refractivity contribution >= 4 is 23.6 Å². The minimum atomic E-state index is -1.60. The molecule has 10 heteroatoms. The summed E-state index contributed by atoms with van der Waals surface area (Å²) in [7, 11) is 0. The fourth-order valence-corrected chi connectivity index (χ4v) is 4.18. The van der Waals surface area contributed by atoms with Crippen molar-refractivity contribution in [2.75, 3.05) is 36.8 Å². The first-order chi connectivity index (χ1) is 15.5. The zero-order valence-electron chi connectivity index (χ0n) is 17.6. The number of anilines is 2. The monoisotopic (exact) mass is 442 g/mol. The summed E-state index contributed by atoms with van der Waals surface area (Å²) in [5.74, 6) is 0.0402. The number of piperidine rings is 1. The average Bonchev–Trinajstić information content (AvgIpc) is 3.31. The number of carboxylic acid groups (broad SMARTS) is 1. The van der Waals surface area contributed by atoms with Crippen LogP contribution in [0.1, 0.15) is 25.7 Å². The highest BCUT2D eigenvalue weighted by Gasteiger charge is 2.28. The van der Waals surface area contributed by atoms with E-state index in [0.29, 0.717) is 30.7 Å². The van der Waals surface area contributed by atoms with E-state index in [1.165, 1.54) is 31.2 Å². The lowest BCUT2D eigenvalue weighted by Gasteiger charge is -2.36. The van der Waals surface area contributed by atoms with Crippen molar-refractivity contribution in [3.05, 3.63) is 42.3 Å². The molecule has 170 valence electrons. The van der Waals surface area contributed by atoms with Crippen LogP contribution in [0.25, 0.3) is 0 Å². The minimum Gasteiger partial charge on any atom is -0.530 e. The molecule has 0 atom stereocenters. The van der Waals surface area contributed by atoms with Gasteiger partial charge in [-0.15, -0.1) is 0 Å². The van der Waals surface area contributed by atoms with Gasteiger partial charge in [0.25, 0.3) is 0 Å². The van der Waals surface area contributed by atoms with Crippen LogP contribution in [0, 0.1) is 5.82 Å². The Bertz CT molecular complexity index is 975. The number of nitrogens with one attached hydrogen (secondary N) is 2. The average molecular weight is 442 g/mol. The number of rotatable bonds is 5. The summed E-state index contributed by atoms with van der Waals surface area (Å²) in [5.41, 5.74) is -0.228. The van der Waals surface area contributed by atoms with Crippen LogP contribution in [0.5, 0.6) is 11.5 Å². The van der Waals surface area contributed by atoms with Gasteiger partial charge in [-0.1, -0.05) is 0 Å². The molecule has 0 bridgehead atoms. The van der Waals surface area contributed by atoms with E-state index in [2.05, 4.69) is 15.2 Å². The second kappa shape index (κ2) is 9.82. The Morgan fingerprint density at radius 3 is 2.44 bits per heavy atom. The summed E-state index contributed by atoms with van der Waals surface area (Å²) >= 11 is 0. The van der Waals surface area contributed by atoms with E-state index in [1.54, 1.807) is 17.0 Å². The third kappa shape index (κ3) is 5.44. The predicted molar refractivity (Wildman–Crippen MR) is 114 cm³/mol. The van der Waals surface area contributed by atoms with Crippen LogP contribution in [-0.2, 0) is 0 Å². The summed E-state index contributed by atoms with van der Waals surface area (Å²) < 4.78 is 19.6. The highest BCUT2D eigenvalue weighted by Crippen LogP contribution is 2.27. The quantitative estimate of drug-likeness (QED) is 0.737. The maximum atomic E-state index is 14.0. The van der Waals surface area contributed by atoms with Gasteiger partial charge < -0.3 is 29.8 Å². The lowest BCUT2D eigenvalue weighted by molar-refractivity contribution is -0.242. The highest BCUT2D eigenvalue weighted by atomic mass is 19.1. The van der Waals surface area contributed by atoms with Gasteiger partial charge in [0.2, 0.25) is 0 Å². The maximum Gasteiger partial charge on any atom is 0.323 e. The first kappa shape index (κ1) is 21.8. The van der Waals surface area contributed by atoms with Crippen LogP contribution in [0.4, 0.5) is 25.5 Å². The normalized spacial score (nSPS) is 17.2. The summed E-state index contributed by atoms with van der Waals surface area (Å²) in [6, 6.07) is 7.16. The fourth-order valence-electron chi connectivity index (χ4n) is 4.18. The Morgan fingerprint density at radius 1 is 1.03 bits per heavy atom. The Kier molecular flexibility index (Phi) is 6.69. The molecule has 0 unspecified atom stereocenters.